The summed E-state index contributed by atoms with van der Waals surface area (Å²) >= 11 is 1.96. The number of anilines is 1. The smallest absolute Gasteiger partial charge is 0.242 e. The number of benzene rings is 1. The first-order valence-corrected chi connectivity index (χ1v) is 9.90. The van der Waals surface area contributed by atoms with Gasteiger partial charge in [-0.1, -0.05) is 19.1 Å². The van der Waals surface area contributed by atoms with E-state index in [4.69, 9.17) is 0 Å². The Morgan fingerprint density at radius 3 is 2.76 bits per heavy atom. The highest BCUT2D eigenvalue weighted by atomic mass is 32.2. The molecule has 2 rings (SSSR count). The van der Waals surface area contributed by atoms with Crippen LogP contribution in [0.1, 0.15) is 33.1 Å². The van der Waals surface area contributed by atoms with Crippen LogP contribution < -0.4 is 10.0 Å². The molecule has 0 saturated carbocycles. The van der Waals surface area contributed by atoms with Crippen molar-refractivity contribution in [3.8, 4) is 0 Å². The van der Waals surface area contributed by atoms with E-state index >= 15 is 0 Å². The third-order valence-corrected chi connectivity index (χ3v) is 6.73. The molecule has 0 radical (unpaired) electrons. The maximum Gasteiger partial charge on any atom is 0.242 e. The summed E-state index contributed by atoms with van der Waals surface area (Å²) in [6.45, 7) is 5.44. The molecule has 0 aliphatic carbocycles. The molecule has 1 heterocycles. The Kier molecular flexibility index (Phi) is 5.57. The van der Waals surface area contributed by atoms with Crippen LogP contribution in [-0.4, -0.2) is 32.0 Å². The molecule has 1 aliphatic heterocycles. The van der Waals surface area contributed by atoms with Crippen molar-refractivity contribution in [1.29, 1.82) is 0 Å². The third kappa shape index (κ3) is 4.37. The van der Waals surface area contributed by atoms with Crippen molar-refractivity contribution in [3.63, 3.8) is 0 Å². The van der Waals surface area contributed by atoms with Crippen LogP contribution in [0, 0.1) is 0 Å². The minimum Gasteiger partial charge on any atom is -0.383 e. The van der Waals surface area contributed by atoms with E-state index in [0.29, 0.717) is 17.1 Å². The van der Waals surface area contributed by atoms with Gasteiger partial charge in [-0.3, -0.25) is 0 Å². The van der Waals surface area contributed by atoms with Crippen molar-refractivity contribution >= 4 is 27.5 Å². The van der Waals surface area contributed by atoms with Crippen molar-refractivity contribution < 1.29 is 8.42 Å². The predicted octanol–water partition coefficient (Wildman–Crippen LogP) is 3.07. The Balaban J connectivity index is 2.13. The van der Waals surface area contributed by atoms with Crippen LogP contribution in [0.25, 0.3) is 0 Å². The molecule has 0 aromatic heterocycles. The summed E-state index contributed by atoms with van der Waals surface area (Å²) in [5.41, 5.74) is 0.690. The van der Waals surface area contributed by atoms with Gasteiger partial charge in [-0.25, -0.2) is 13.1 Å². The van der Waals surface area contributed by atoms with Gasteiger partial charge in [0.05, 0.1) is 5.69 Å². The quantitative estimate of drug-likeness (QED) is 0.807. The highest BCUT2D eigenvalue weighted by Crippen LogP contribution is 2.38. The van der Waals surface area contributed by atoms with Crippen LogP contribution in [0.15, 0.2) is 29.2 Å². The minimum absolute atomic E-state index is 0.202. The van der Waals surface area contributed by atoms with Crippen LogP contribution in [0.2, 0.25) is 0 Å². The van der Waals surface area contributed by atoms with Gasteiger partial charge >= 0.3 is 0 Å². The van der Waals surface area contributed by atoms with Gasteiger partial charge in [-0.15, -0.1) is 0 Å². The second kappa shape index (κ2) is 7.03. The first-order valence-electron chi connectivity index (χ1n) is 7.43. The summed E-state index contributed by atoms with van der Waals surface area (Å²) < 4.78 is 27.5. The van der Waals surface area contributed by atoms with Crippen LogP contribution in [-0.2, 0) is 10.0 Å². The fraction of sp³-hybridized carbons (Fsp3) is 0.600. The van der Waals surface area contributed by atoms with E-state index in [2.05, 4.69) is 17.0 Å². The Labute approximate surface area is 132 Å². The van der Waals surface area contributed by atoms with E-state index < -0.39 is 10.0 Å². The standard InChI is InChI=1S/C15H24N2O2S2/c1-3-10-17-21(18,19)14-8-5-4-7-13(14)16-12-15(2)9-6-11-20-15/h4-5,7-8,16-17H,3,6,9-12H2,1-2H3. The number of hydrogen-bond donors (Lipinski definition) is 2. The van der Waals surface area contributed by atoms with Crippen molar-refractivity contribution in [3.05, 3.63) is 24.3 Å². The van der Waals surface area contributed by atoms with Crippen LogP contribution in [0.4, 0.5) is 5.69 Å². The SMILES string of the molecule is CCCNS(=O)(=O)c1ccccc1NCC1(C)CCCS1. The number of thioether (sulfide) groups is 1. The number of hydrogen-bond acceptors (Lipinski definition) is 4. The lowest BCUT2D eigenvalue weighted by Crippen LogP contribution is -2.29. The molecule has 6 heteroatoms. The van der Waals surface area contributed by atoms with Gasteiger partial charge in [0.2, 0.25) is 10.0 Å². The molecule has 0 bridgehead atoms. The average molecular weight is 329 g/mol. The van der Waals surface area contributed by atoms with Gasteiger partial charge in [0.25, 0.3) is 0 Å². The summed E-state index contributed by atoms with van der Waals surface area (Å²) in [6, 6.07) is 7.12. The molecule has 1 unspecified atom stereocenters. The van der Waals surface area contributed by atoms with Crippen molar-refractivity contribution in [2.24, 2.45) is 0 Å². The molecule has 1 atom stereocenters. The summed E-state index contributed by atoms with van der Waals surface area (Å²) in [5, 5.41) is 3.34. The molecule has 1 aromatic carbocycles. The Morgan fingerprint density at radius 2 is 2.10 bits per heavy atom. The fourth-order valence-corrected chi connectivity index (χ4v) is 4.98. The molecule has 118 valence electrons. The van der Waals surface area contributed by atoms with E-state index in [-0.39, 0.29) is 4.75 Å². The summed E-state index contributed by atoms with van der Waals surface area (Å²) in [5.74, 6) is 1.19. The van der Waals surface area contributed by atoms with Crippen LogP contribution in [0.3, 0.4) is 0 Å². The van der Waals surface area contributed by atoms with E-state index in [9.17, 15) is 8.42 Å². The van der Waals surface area contributed by atoms with E-state index in [0.717, 1.165) is 13.0 Å². The van der Waals surface area contributed by atoms with Gasteiger partial charge in [0.15, 0.2) is 0 Å². The van der Waals surface area contributed by atoms with E-state index in [1.807, 2.05) is 30.8 Å². The zero-order valence-electron chi connectivity index (χ0n) is 12.7. The van der Waals surface area contributed by atoms with Gasteiger partial charge in [0, 0.05) is 17.8 Å². The first-order chi connectivity index (χ1) is 9.97. The van der Waals surface area contributed by atoms with Crippen molar-refractivity contribution in [2.45, 2.75) is 42.8 Å². The molecule has 1 saturated heterocycles. The van der Waals surface area contributed by atoms with Crippen LogP contribution in [0.5, 0.6) is 0 Å². The molecule has 0 amide bonds. The lowest BCUT2D eigenvalue weighted by atomic mass is 10.1. The molecule has 1 aromatic rings. The normalized spacial score (nSPS) is 22.4. The van der Waals surface area contributed by atoms with Gasteiger partial charge in [-0.05, 0) is 44.1 Å². The second-order valence-corrected chi connectivity index (χ2v) is 9.07. The Bertz CT molecular complexity index is 567. The monoisotopic (exact) mass is 328 g/mol. The molecule has 1 aliphatic rings. The Hall–Kier alpha value is -0.720. The number of nitrogens with one attached hydrogen (secondary N) is 2. The summed E-state index contributed by atoms with van der Waals surface area (Å²) in [6.07, 6.45) is 3.19. The number of para-hydroxylation sites is 1. The van der Waals surface area contributed by atoms with Gasteiger partial charge in [-0.2, -0.15) is 11.8 Å². The zero-order valence-corrected chi connectivity index (χ0v) is 14.3. The maximum absolute atomic E-state index is 12.3. The minimum atomic E-state index is -3.44. The highest BCUT2D eigenvalue weighted by Gasteiger charge is 2.29. The third-order valence-electron chi connectivity index (χ3n) is 3.67. The van der Waals surface area contributed by atoms with Gasteiger partial charge < -0.3 is 5.32 Å². The predicted molar refractivity (Wildman–Crippen MR) is 90.5 cm³/mol. The van der Waals surface area contributed by atoms with Crippen molar-refractivity contribution in [1.82, 2.24) is 4.72 Å². The number of rotatable bonds is 7. The van der Waals surface area contributed by atoms with Crippen LogP contribution >= 0.6 is 11.8 Å². The van der Waals surface area contributed by atoms with E-state index in [1.54, 1.807) is 12.1 Å². The molecular formula is C15H24N2O2S2. The highest BCUT2D eigenvalue weighted by molar-refractivity contribution is 8.00. The fourth-order valence-electron chi connectivity index (χ4n) is 2.42. The lowest BCUT2D eigenvalue weighted by molar-refractivity contribution is 0.580. The molecule has 21 heavy (non-hydrogen) atoms. The Morgan fingerprint density at radius 1 is 1.33 bits per heavy atom. The first kappa shape index (κ1) is 16.6. The summed E-state index contributed by atoms with van der Waals surface area (Å²) in [7, 11) is -3.44. The molecule has 0 spiro atoms. The maximum atomic E-state index is 12.3. The zero-order chi connectivity index (χ0) is 15.3. The number of sulfonamides is 1. The van der Waals surface area contributed by atoms with Crippen molar-refractivity contribution in [2.75, 3.05) is 24.2 Å². The van der Waals surface area contributed by atoms with E-state index in [1.165, 1.54) is 18.6 Å². The molecule has 1 fully saturated rings. The van der Waals surface area contributed by atoms with Gasteiger partial charge in [0.1, 0.15) is 4.90 Å². The molecule has 4 nitrogen and oxygen atoms in total. The topological polar surface area (TPSA) is 58.2 Å². The molecule has 2 N–H and O–H groups in total. The summed E-state index contributed by atoms with van der Waals surface area (Å²) in [4.78, 5) is 0.338. The average Bonchev–Trinajstić information content (AvgIpc) is 2.91. The largest absolute Gasteiger partial charge is 0.383 e. The second-order valence-electron chi connectivity index (χ2n) is 5.65. The lowest BCUT2D eigenvalue weighted by Gasteiger charge is -2.24. The molecular weight excluding hydrogens is 304 g/mol.